The summed E-state index contributed by atoms with van der Waals surface area (Å²) in [6.45, 7) is 11.1. The SMILES string of the molecule is C=CCC(C)(C)CN1C[C@@H](Cc2ccc3ccccc3n2)[C@H](O)C1. The molecule has 2 atom stereocenters. The van der Waals surface area contributed by atoms with E-state index in [4.69, 9.17) is 4.98 Å². The van der Waals surface area contributed by atoms with Gasteiger partial charge in [0.25, 0.3) is 0 Å². The number of para-hydroxylation sites is 1. The van der Waals surface area contributed by atoms with Crippen molar-refractivity contribution in [2.24, 2.45) is 11.3 Å². The molecule has 1 fully saturated rings. The van der Waals surface area contributed by atoms with Gasteiger partial charge in [0.05, 0.1) is 11.6 Å². The molecule has 0 spiro atoms. The quantitative estimate of drug-likeness (QED) is 0.824. The Bertz CT molecular complexity index is 710. The molecular weight excluding hydrogens is 296 g/mol. The second-order valence-corrected chi connectivity index (χ2v) is 7.88. The van der Waals surface area contributed by atoms with Crippen LogP contribution in [-0.2, 0) is 6.42 Å². The van der Waals surface area contributed by atoms with Crippen molar-refractivity contribution >= 4 is 10.9 Å². The van der Waals surface area contributed by atoms with E-state index in [9.17, 15) is 5.11 Å². The van der Waals surface area contributed by atoms with Gasteiger partial charge in [-0.05, 0) is 30.4 Å². The van der Waals surface area contributed by atoms with Crippen LogP contribution in [0.15, 0.2) is 49.1 Å². The normalized spacial score (nSPS) is 22.1. The van der Waals surface area contributed by atoms with E-state index in [1.807, 2.05) is 24.3 Å². The maximum atomic E-state index is 10.5. The first kappa shape index (κ1) is 17.1. The van der Waals surface area contributed by atoms with Gasteiger partial charge in [0.2, 0.25) is 0 Å². The van der Waals surface area contributed by atoms with Crippen molar-refractivity contribution in [2.45, 2.75) is 32.8 Å². The molecule has 3 rings (SSSR count). The van der Waals surface area contributed by atoms with Gasteiger partial charge in [-0.15, -0.1) is 6.58 Å². The molecule has 1 aromatic heterocycles. The number of rotatable bonds is 6. The van der Waals surface area contributed by atoms with Crippen LogP contribution < -0.4 is 0 Å². The van der Waals surface area contributed by atoms with Gasteiger partial charge in [0.15, 0.2) is 0 Å². The van der Waals surface area contributed by atoms with Crippen molar-refractivity contribution in [3.63, 3.8) is 0 Å². The molecule has 1 aliphatic heterocycles. The number of allylic oxidation sites excluding steroid dienone is 1. The van der Waals surface area contributed by atoms with Gasteiger partial charge in [0.1, 0.15) is 0 Å². The summed E-state index contributed by atoms with van der Waals surface area (Å²) in [6.07, 6.45) is 3.56. The number of hydrogen-bond acceptors (Lipinski definition) is 3. The van der Waals surface area contributed by atoms with Gasteiger partial charge in [0, 0.05) is 36.6 Å². The molecule has 0 amide bonds. The topological polar surface area (TPSA) is 36.4 Å². The van der Waals surface area contributed by atoms with Crippen LogP contribution in [0, 0.1) is 11.3 Å². The second kappa shape index (κ2) is 7.04. The van der Waals surface area contributed by atoms with E-state index in [1.165, 1.54) is 5.39 Å². The maximum absolute atomic E-state index is 10.5. The Labute approximate surface area is 145 Å². The molecule has 1 aromatic carbocycles. The lowest BCUT2D eigenvalue weighted by Gasteiger charge is -2.29. The summed E-state index contributed by atoms with van der Waals surface area (Å²) < 4.78 is 0. The average molecular weight is 324 g/mol. The lowest BCUT2D eigenvalue weighted by atomic mass is 9.89. The van der Waals surface area contributed by atoms with Crippen LogP contribution >= 0.6 is 0 Å². The van der Waals surface area contributed by atoms with Crippen LogP contribution in [0.2, 0.25) is 0 Å². The molecule has 0 bridgehead atoms. The number of aromatic nitrogens is 1. The Hall–Kier alpha value is -1.71. The minimum absolute atomic E-state index is 0.206. The van der Waals surface area contributed by atoms with Crippen LogP contribution in [0.1, 0.15) is 26.0 Å². The molecule has 2 heterocycles. The summed E-state index contributed by atoms with van der Waals surface area (Å²) >= 11 is 0. The smallest absolute Gasteiger partial charge is 0.0711 e. The number of aliphatic hydroxyl groups excluding tert-OH is 1. The van der Waals surface area contributed by atoms with Gasteiger partial charge in [-0.1, -0.05) is 44.2 Å². The fourth-order valence-electron chi connectivity index (χ4n) is 3.82. The van der Waals surface area contributed by atoms with Gasteiger partial charge in [-0.2, -0.15) is 0 Å². The number of nitrogens with zero attached hydrogens (tertiary/aromatic N) is 2. The first-order chi connectivity index (χ1) is 11.5. The molecule has 0 aliphatic carbocycles. The lowest BCUT2D eigenvalue weighted by Crippen LogP contribution is -2.33. The zero-order valence-corrected chi connectivity index (χ0v) is 14.8. The fourth-order valence-corrected chi connectivity index (χ4v) is 3.82. The molecule has 0 unspecified atom stereocenters. The third-order valence-electron chi connectivity index (χ3n) is 4.96. The highest BCUT2D eigenvalue weighted by molar-refractivity contribution is 5.78. The lowest BCUT2D eigenvalue weighted by molar-refractivity contribution is 0.135. The molecule has 2 aromatic rings. The van der Waals surface area contributed by atoms with Crippen molar-refractivity contribution < 1.29 is 5.11 Å². The zero-order chi connectivity index (χ0) is 17.2. The molecule has 3 nitrogen and oxygen atoms in total. The zero-order valence-electron chi connectivity index (χ0n) is 14.8. The molecule has 0 saturated carbocycles. The van der Waals surface area contributed by atoms with Crippen LogP contribution in [0.25, 0.3) is 10.9 Å². The van der Waals surface area contributed by atoms with Crippen molar-refractivity contribution in [3.05, 3.63) is 54.7 Å². The number of β-amino-alcohol motifs (C(OH)–C–C–N with tert-alkyl or cyclic N) is 1. The van der Waals surface area contributed by atoms with Crippen molar-refractivity contribution in [1.29, 1.82) is 0 Å². The summed E-state index contributed by atoms with van der Waals surface area (Å²) in [5.41, 5.74) is 2.31. The molecule has 1 N–H and O–H groups in total. The Morgan fingerprint density at radius 1 is 1.25 bits per heavy atom. The number of aliphatic hydroxyl groups is 1. The summed E-state index contributed by atoms with van der Waals surface area (Å²) in [4.78, 5) is 7.15. The largest absolute Gasteiger partial charge is 0.391 e. The third kappa shape index (κ3) is 4.03. The third-order valence-corrected chi connectivity index (χ3v) is 4.96. The maximum Gasteiger partial charge on any atom is 0.0711 e. The number of fused-ring (bicyclic) bond motifs is 1. The summed E-state index contributed by atoms with van der Waals surface area (Å²) in [6, 6.07) is 12.4. The van der Waals surface area contributed by atoms with Gasteiger partial charge >= 0.3 is 0 Å². The molecular formula is C21H28N2O. The Morgan fingerprint density at radius 2 is 2.04 bits per heavy atom. The van der Waals surface area contributed by atoms with E-state index < -0.39 is 0 Å². The first-order valence-electron chi connectivity index (χ1n) is 8.83. The Kier molecular flexibility index (Phi) is 5.02. The highest BCUT2D eigenvalue weighted by Gasteiger charge is 2.34. The number of benzene rings is 1. The van der Waals surface area contributed by atoms with Crippen molar-refractivity contribution in [3.8, 4) is 0 Å². The van der Waals surface area contributed by atoms with Gasteiger partial charge in [-0.3, -0.25) is 9.88 Å². The average Bonchev–Trinajstić information content (AvgIpc) is 2.85. The second-order valence-electron chi connectivity index (χ2n) is 7.88. The first-order valence-corrected chi connectivity index (χ1v) is 8.83. The molecule has 0 radical (unpaired) electrons. The summed E-state index contributed by atoms with van der Waals surface area (Å²) in [7, 11) is 0. The van der Waals surface area contributed by atoms with Gasteiger partial charge in [-0.25, -0.2) is 0 Å². The molecule has 1 saturated heterocycles. The Morgan fingerprint density at radius 3 is 2.83 bits per heavy atom. The van der Waals surface area contributed by atoms with E-state index in [1.54, 1.807) is 0 Å². The predicted molar refractivity (Wildman–Crippen MR) is 100.0 cm³/mol. The van der Waals surface area contributed by atoms with Crippen LogP contribution in [0.5, 0.6) is 0 Å². The predicted octanol–water partition coefficient (Wildman–Crippen LogP) is 3.67. The summed E-state index contributed by atoms with van der Waals surface area (Å²) in [5.74, 6) is 0.262. The molecule has 3 heteroatoms. The molecule has 1 aliphatic rings. The number of likely N-dealkylation sites (tertiary alicyclic amines) is 1. The highest BCUT2D eigenvalue weighted by atomic mass is 16.3. The fraction of sp³-hybridized carbons (Fsp3) is 0.476. The van der Waals surface area contributed by atoms with Gasteiger partial charge < -0.3 is 5.11 Å². The standard InChI is InChI=1S/C21H28N2O/c1-4-11-21(2,3)15-23-13-17(20(24)14-23)12-18-10-9-16-7-5-6-8-19(16)22-18/h4-10,17,20,24H,1,11-15H2,2-3H3/t17-,20-/m1/s1. The van der Waals surface area contributed by atoms with Crippen molar-refractivity contribution in [1.82, 2.24) is 9.88 Å². The van der Waals surface area contributed by atoms with E-state index in [-0.39, 0.29) is 17.4 Å². The van der Waals surface area contributed by atoms with Crippen LogP contribution in [0.3, 0.4) is 0 Å². The minimum atomic E-state index is -0.266. The van der Waals surface area contributed by atoms with E-state index >= 15 is 0 Å². The van der Waals surface area contributed by atoms with Crippen LogP contribution in [-0.4, -0.2) is 40.7 Å². The number of hydrogen-bond donors (Lipinski definition) is 1. The van der Waals surface area contributed by atoms with Crippen LogP contribution in [0.4, 0.5) is 0 Å². The Balaban J connectivity index is 1.65. The molecule has 128 valence electrons. The number of pyridine rings is 1. The van der Waals surface area contributed by atoms with Crippen molar-refractivity contribution in [2.75, 3.05) is 19.6 Å². The highest BCUT2D eigenvalue weighted by Crippen LogP contribution is 2.28. The van der Waals surface area contributed by atoms with E-state index in [0.717, 1.165) is 43.7 Å². The monoisotopic (exact) mass is 324 g/mol. The molecule has 24 heavy (non-hydrogen) atoms. The summed E-state index contributed by atoms with van der Waals surface area (Å²) in [5, 5.41) is 11.6. The minimum Gasteiger partial charge on any atom is -0.391 e. The van der Waals surface area contributed by atoms with E-state index in [0.29, 0.717) is 0 Å². The van der Waals surface area contributed by atoms with E-state index in [2.05, 4.69) is 43.5 Å².